The van der Waals surface area contributed by atoms with Crippen LogP contribution in [0.25, 0.3) is 0 Å². The monoisotopic (exact) mass is 286 g/mol. The Morgan fingerprint density at radius 3 is 2.76 bits per heavy atom. The van der Waals surface area contributed by atoms with Crippen LogP contribution in [0.2, 0.25) is 0 Å². The second-order valence-corrected chi connectivity index (χ2v) is 5.15. The molecule has 1 atom stereocenters. The highest BCUT2D eigenvalue weighted by atomic mass is 16.3. The molecular formula is C17H22N2O2. The van der Waals surface area contributed by atoms with Gasteiger partial charge in [0.15, 0.2) is 0 Å². The van der Waals surface area contributed by atoms with Crippen molar-refractivity contribution in [1.29, 1.82) is 0 Å². The van der Waals surface area contributed by atoms with Crippen molar-refractivity contribution in [2.24, 2.45) is 0 Å². The van der Waals surface area contributed by atoms with E-state index < -0.39 is 0 Å². The standard InChI is InChI=1S/C17H22N2O2/c1-3-17(20)19-15-7-4-6-14(12-15)18-13(2)9-10-16-8-5-11-21-16/h4-8,11-13,18H,3,9-10H2,1-2H3,(H,19,20). The molecule has 2 rings (SSSR count). The summed E-state index contributed by atoms with van der Waals surface area (Å²) in [5, 5.41) is 6.31. The van der Waals surface area contributed by atoms with Gasteiger partial charge in [-0.2, -0.15) is 0 Å². The van der Waals surface area contributed by atoms with Crippen molar-refractivity contribution in [3.63, 3.8) is 0 Å². The molecule has 4 heteroatoms. The van der Waals surface area contributed by atoms with Crippen LogP contribution in [0.3, 0.4) is 0 Å². The molecule has 0 aliphatic rings. The van der Waals surface area contributed by atoms with Crippen molar-refractivity contribution in [2.75, 3.05) is 10.6 Å². The molecule has 1 unspecified atom stereocenters. The van der Waals surface area contributed by atoms with Crippen molar-refractivity contribution in [3.8, 4) is 0 Å². The number of amides is 1. The summed E-state index contributed by atoms with van der Waals surface area (Å²) in [5.74, 6) is 1.03. The molecule has 1 heterocycles. The highest BCUT2D eigenvalue weighted by Crippen LogP contribution is 2.17. The minimum Gasteiger partial charge on any atom is -0.469 e. The van der Waals surface area contributed by atoms with E-state index in [-0.39, 0.29) is 5.91 Å². The largest absolute Gasteiger partial charge is 0.469 e. The Kier molecular flexibility index (Phi) is 5.43. The van der Waals surface area contributed by atoms with Gasteiger partial charge in [0.05, 0.1) is 6.26 Å². The van der Waals surface area contributed by atoms with Crippen LogP contribution < -0.4 is 10.6 Å². The molecule has 0 aliphatic heterocycles. The summed E-state index contributed by atoms with van der Waals surface area (Å²) >= 11 is 0. The van der Waals surface area contributed by atoms with Crippen LogP contribution in [0.5, 0.6) is 0 Å². The molecule has 112 valence electrons. The number of aryl methyl sites for hydroxylation is 1. The Balaban J connectivity index is 1.86. The molecule has 2 aromatic rings. The van der Waals surface area contributed by atoms with Gasteiger partial charge < -0.3 is 15.1 Å². The number of anilines is 2. The smallest absolute Gasteiger partial charge is 0.224 e. The predicted molar refractivity (Wildman–Crippen MR) is 85.5 cm³/mol. The first-order chi connectivity index (χ1) is 10.2. The van der Waals surface area contributed by atoms with Crippen LogP contribution in [0.4, 0.5) is 11.4 Å². The molecular weight excluding hydrogens is 264 g/mol. The van der Waals surface area contributed by atoms with E-state index in [2.05, 4.69) is 17.6 Å². The Morgan fingerprint density at radius 1 is 1.24 bits per heavy atom. The third-order valence-corrected chi connectivity index (χ3v) is 3.28. The predicted octanol–water partition coefficient (Wildman–Crippen LogP) is 4.06. The second kappa shape index (κ2) is 7.53. The van der Waals surface area contributed by atoms with Gasteiger partial charge in [-0.05, 0) is 43.7 Å². The summed E-state index contributed by atoms with van der Waals surface area (Å²) in [6.45, 7) is 3.98. The molecule has 1 aromatic heterocycles. The van der Waals surface area contributed by atoms with Crippen molar-refractivity contribution in [3.05, 3.63) is 48.4 Å². The average Bonchev–Trinajstić information content (AvgIpc) is 2.98. The lowest BCUT2D eigenvalue weighted by atomic mass is 10.1. The minimum absolute atomic E-state index is 0.0259. The Morgan fingerprint density at radius 2 is 2.05 bits per heavy atom. The maximum atomic E-state index is 11.4. The van der Waals surface area contributed by atoms with Gasteiger partial charge in [0.25, 0.3) is 0 Å². The van der Waals surface area contributed by atoms with Crippen molar-refractivity contribution < 1.29 is 9.21 Å². The average molecular weight is 286 g/mol. The van der Waals surface area contributed by atoms with Crippen LogP contribution in [0.15, 0.2) is 47.1 Å². The minimum atomic E-state index is 0.0259. The first-order valence-electron chi connectivity index (χ1n) is 7.36. The van der Waals surface area contributed by atoms with Gasteiger partial charge in [-0.25, -0.2) is 0 Å². The van der Waals surface area contributed by atoms with Gasteiger partial charge >= 0.3 is 0 Å². The third-order valence-electron chi connectivity index (χ3n) is 3.28. The highest BCUT2D eigenvalue weighted by molar-refractivity contribution is 5.90. The van der Waals surface area contributed by atoms with E-state index in [1.54, 1.807) is 6.26 Å². The first kappa shape index (κ1) is 15.2. The fourth-order valence-corrected chi connectivity index (χ4v) is 2.11. The van der Waals surface area contributed by atoms with Crippen molar-refractivity contribution in [1.82, 2.24) is 0 Å². The zero-order chi connectivity index (χ0) is 15.1. The Bertz CT molecular complexity index is 564. The summed E-state index contributed by atoms with van der Waals surface area (Å²) in [7, 11) is 0. The second-order valence-electron chi connectivity index (χ2n) is 5.15. The lowest BCUT2D eigenvalue weighted by molar-refractivity contribution is -0.115. The number of furan rings is 1. The molecule has 0 bridgehead atoms. The molecule has 1 amide bonds. The van der Waals surface area contributed by atoms with Gasteiger partial charge in [-0.15, -0.1) is 0 Å². The molecule has 0 saturated heterocycles. The maximum Gasteiger partial charge on any atom is 0.224 e. The first-order valence-corrected chi connectivity index (χ1v) is 7.36. The molecule has 21 heavy (non-hydrogen) atoms. The lowest BCUT2D eigenvalue weighted by Crippen LogP contribution is -2.16. The van der Waals surface area contributed by atoms with Crippen LogP contribution in [-0.4, -0.2) is 11.9 Å². The summed E-state index contributed by atoms with van der Waals surface area (Å²) < 4.78 is 5.33. The fraction of sp³-hybridized carbons (Fsp3) is 0.353. The molecule has 2 N–H and O–H groups in total. The fourth-order valence-electron chi connectivity index (χ4n) is 2.11. The van der Waals surface area contributed by atoms with E-state index in [4.69, 9.17) is 4.42 Å². The summed E-state index contributed by atoms with van der Waals surface area (Å²) in [6, 6.07) is 12.0. The molecule has 0 fully saturated rings. The molecule has 1 aromatic carbocycles. The lowest BCUT2D eigenvalue weighted by Gasteiger charge is -2.15. The maximum absolute atomic E-state index is 11.4. The summed E-state index contributed by atoms with van der Waals surface area (Å²) in [6.07, 6.45) is 4.08. The topological polar surface area (TPSA) is 54.3 Å². The zero-order valence-electron chi connectivity index (χ0n) is 12.6. The summed E-state index contributed by atoms with van der Waals surface area (Å²) in [5.41, 5.74) is 1.83. The van der Waals surface area contributed by atoms with E-state index >= 15 is 0 Å². The van der Waals surface area contributed by atoms with E-state index in [0.717, 1.165) is 30.0 Å². The zero-order valence-corrected chi connectivity index (χ0v) is 12.6. The van der Waals surface area contributed by atoms with Gasteiger partial charge in [-0.1, -0.05) is 13.0 Å². The van der Waals surface area contributed by atoms with Gasteiger partial charge in [0.1, 0.15) is 5.76 Å². The quantitative estimate of drug-likeness (QED) is 0.807. The van der Waals surface area contributed by atoms with Crippen molar-refractivity contribution in [2.45, 2.75) is 39.2 Å². The molecule has 4 nitrogen and oxygen atoms in total. The highest BCUT2D eigenvalue weighted by Gasteiger charge is 2.05. The third kappa shape index (κ3) is 4.99. The number of hydrogen-bond acceptors (Lipinski definition) is 3. The van der Waals surface area contributed by atoms with Crippen LogP contribution in [-0.2, 0) is 11.2 Å². The number of carbonyl (C=O) groups is 1. The van der Waals surface area contributed by atoms with Crippen LogP contribution >= 0.6 is 0 Å². The SMILES string of the molecule is CCC(=O)Nc1cccc(NC(C)CCc2ccco2)c1. The molecule has 0 spiro atoms. The molecule has 0 saturated carbocycles. The van der Waals surface area contributed by atoms with E-state index in [9.17, 15) is 4.79 Å². The van der Waals surface area contributed by atoms with E-state index in [1.165, 1.54) is 0 Å². The number of carbonyl (C=O) groups excluding carboxylic acids is 1. The number of benzene rings is 1. The van der Waals surface area contributed by atoms with Crippen LogP contribution in [0, 0.1) is 0 Å². The van der Waals surface area contributed by atoms with Gasteiger partial charge in [0, 0.05) is 30.3 Å². The summed E-state index contributed by atoms with van der Waals surface area (Å²) in [4.78, 5) is 11.4. The van der Waals surface area contributed by atoms with Crippen molar-refractivity contribution >= 4 is 17.3 Å². The normalized spacial score (nSPS) is 11.9. The van der Waals surface area contributed by atoms with E-state index in [0.29, 0.717) is 12.5 Å². The van der Waals surface area contributed by atoms with Crippen LogP contribution in [0.1, 0.15) is 32.4 Å². The van der Waals surface area contributed by atoms with E-state index in [1.807, 2.05) is 43.3 Å². The molecule has 0 radical (unpaired) electrons. The number of hydrogen-bond donors (Lipinski definition) is 2. The molecule has 0 aliphatic carbocycles. The number of rotatable bonds is 7. The van der Waals surface area contributed by atoms with Gasteiger partial charge in [0.2, 0.25) is 5.91 Å². The Labute approximate surface area is 125 Å². The van der Waals surface area contributed by atoms with Gasteiger partial charge in [-0.3, -0.25) is 4.79 Å². The Hall–Kier alpha value is -2.23. The number of nitrogens with one attached hydrogen (secondary N) is 2.